The molecule has 2 heterocycles. The monoisotopic (exact) mass is 325 g/mol. The van der Waals surface area contributed by atoms with Crippen LogP contribution in [-0.2, 0) is 10.0 Å². The molecule has 0 radical (unpaired) electrons. The van der Waals surface area contributed by atoms with Crippen molar-refractivity contribution in [2.75, 3.05) is 7.05 Å². The smallest absolute Gasteiger partial charge is 0.289 e. The highest BCUT2D eigenvalue weighted by molar-refractivity contribution is 7.89. The van der Waals surface area contributed by atoms with Crippen LogP contribution >= 0.6 is 0 Å². The molecule has 0 aliphatic carbocycles. The van der Waals surface area contributed by atoms with E-state index in [1.165, 1.54) is 35.6 Å². The number of nitrogens with zero attached hydrogens (tertiary/aromatic N) is 2. The molecule has 2 fully saturated rings. The Morgan fingerprint density at radius 2 is 1.82 bits per heavy atom. The number of sulfonamides is 1. The summed E-state index contributed by atoms with van der Waals surface area (Å²) >= 11 is 0. The maximum Gasteiger partial charge on any atom is 0.289 e. The molecule has 1 N–H and O–H groups in total. The predicted molar refractivity (Wildman–Crippen MR) is 81.0 cm³/mol. The number of benzene rings is 1. The summed E-state index contributed by atoms with van der Waals surface area (Å²) in [6, 6.07) is 6.12. The number of fused-ring (bicyclic) bond motifs is 2. The maximum atomic E-state index is 12.8. The molecule has 120 valence electrons. The lowest BCUT2D eigenvalue weighted by Gasteiger charge is -2.34. The van der Waals surface area contributed by atoms with Crippen LogP contribution in [0.2, 0.25) is 0 Å². The third-order valence-corrected chi connectivity index (χ3v) is 6.64. The number of para-hydroxylation sites is 1. The van der Waals surface area contributed by atoms with E-state index in [1.54, 1.807) is 0 Å². The van der Waals surface area contributed by atoms with Crippen molar-refractivity contribution in [1.82, 2.24) is 9.62 Å². The van der Waals surface area contributed by atoms with Gasteiger partial charge < -0.3 is 5.32 Å². The summed E-state index contributed by atoms with van der Waals surface area (Å²) < 4.78 is 26.9. The Kier molecular flexibility index (Phi) is 3.92. The molecule has 0 saturated carbocycles. The molecule has 2 saturated heterocycles. The number of piperidine rings is 1. The molecule has 1 aromatic carbocycles. The van der Waals surface area contributed by atoms with E-state index in [-0.39, 0.29) is 16.6 Å². The molecule has 1 aromatic rings. The number of hydrogen-bond donors (Lipinski definition) is 1. The van der Waals surface area contributed by atoms with E-state index in [0.29, 0.717) is 12.1 Å². The molecule has 2 bridgehead atoms. The minimum absolute atomic E-state index is 0.108. The largest absolute Gasteiger partial charge is 0.311 e. The molecule has 2 atom stereocenters. The van der Waals surface area contributed by atoms with Gasteiger partial charge in [0.1, 0.15) is 0 Å². The number of rotatable bonds is 4. The molecular weight excluding hydrogens is 306 g/mol. The second-order valence-corrected chi connectivity index (χ2v) is 7.98. The fraction of sp³-hybridized carbons (Fsp3) is 0.571. The van der Waals surface area contributed by atoms with Gasteiger partial charge in [-0.3, -0.25) is 10.1 Å². The molecule has 2 unspecified atom stereocenters. The summed E-state index contributed by atoms with van der Waals surface area (Å²) in [6.45, 7) is 0. The lowest BCUT2D eigenvalue weighted by atomic mass is 10.0. The Balaban J connectivity index is 1.91. The molecule has 2 aliphatic rings. The normalized spacial score (nSPS) is 28.0. The van der Waals surface area contributed by atoms with E-state index >= 15 is 0 Å². The Hall–Kier alpha value is -1.51. The van der Waals surface area contributed by atoms with Gasteiger partial charge in [-0.25, -0.2) is 8.42 Å². The van der Waals surface area contributed by atoms with Crippen LogP contribution in [0.3, 0.4) is 0 Å². The summed E-state index contributed by atoms with van der Waals surface area (Å²) in [5.74, 6) is 0. The van der Waals surface area contributed by atoms with Crippen molar-refractivity contribution in [2.45, 2.75) is 48.7 Å². The van der Waals surface area contributed by atoms with Crippen molar-refractivity contribution in [2.24, 2.45) is 0 Å². The van der Waals surface area contributed by atoms with Crippen molar-refractivity contribution < 1.29 is 13.3 Å². The zero-order chi connectivity index (χ0) is 15.9. The highest BCUT2D eigenvalue weighted by Gasteiger charge is 2.40. The third kappa shape index (κ3) is 2.62. The van der Waals surface area contributed by atoms with Crippen molar-refractivity contribution in [1.29, 1.82) is 0 Å². The molecule has 0 aromatic heterocycles. The fourth-order valence-corrected chi connectivity index (χ4v) is 5.03. The van der Waals surface area contributed by atoms with Gasteiger partial charge in [0.2, 0.25) is 10.0 Å². The SMILES string of the molecule is CN(C1CC2CCC(C1)N2)S(=O)(=O)c1ccccc1[N+](=O)[O-]. The molecule has 0 spiro atoms. The zero-order valence-electron chi connectivity index (χ0n) is 12.3. The van der Waals surface area contributed by atoms with Gasteiger partial charge in [-0.05, 0) is 31.7 Å². The number of hydrogen-bond acceptors (Lipinski definition) is 5. The van der Waals surface area contributed by atoms with Gasteiger partial charge in [-0.15, -0.1) is 0 Å². The van der Waals surface area contributed by atoms with Crippen LogP contribution in [0.4, 0.5) is 5.69 Å². The van der Waals surface area contributed by atoms with Gasteiger partial charge in [-0.2, -0.15) is 4.31 Å². The first-order valence-electron chi connectivity index (χ1n) is 7.37. The molecule has 22 heavy (non-hydrogen) atoms. The van der Waals surface area contributed by atoms with Crippen LogP contribution in [0.15, 0.2) is 29.2 Å². The predicted octanol–water partition coefficient (Wildman–Crippen LogP) is 1.50. The van der Waals surface area contributed by atoms with Crippen molar-refractivity contribution in [3.63, 3.8) is 0 Å². The molecule has 7 nitrogen and oxygen atoms in total. The zero-order valence-corrected chi connectivity index (χ0v) is 13.1. The number of nitrogens with one attached hydrogen (secondary N) is 1. The molecule has 2 aliphatic heterocycles. The first kappa shape index (κ1) is 15.4. The summed E-state index contributed by atoms with van der Waals surface area (Å²) in [6.07, 6.45) is 3.65. The minimum atomic E-state index is -3.87. The number of nitro benzene ring substituents is 1. The van der Waals surface area contributed by atoms with Crippen molar-refractivity contribution >= 4 is 15.7 Å². The summed E-state index contributed by atoms with van der Waals surface area (Å²) in [5, 5.41) is 14.6. The van der Waals surface area contributed by atoms with Crippen molar-refractivity contribution in [3.05, 3.63) is 34.4 Å². The van der Waals surface area contributed by atoms with Gasteiger partial charge in [-0.1, -0.05) is 12.1 Å². The van der Waals surface area contributed by atoms with E-state index < -0.39 is 14.9 Å². The molecule has 0 amide bonds. The van der Waals surface area contributed by atoms with Gasteiger partial charge in [0.15, 0.2) is 4.90 Å². The second-order valence-electron chi connectivity index (χ2n) is 6.01. The van der Waals surface area contributed by atoms with Crippen LogP contribution in [0.25, 0.3) is 0 Å². The lowest BCUT2D eigenvalue weighted by molar-refractivity contribution is -0.387. The van der Waals surface area contributed by atoms with Crippen LogP contribution < -0.4 is 5.32 Å². The van der Waals surface area contributed by atoms with Gasteiger partial charge in [0.25, 0.3) is 5.69 Å². The first-order valence-corrected chi connectivity index (χ1v) is 8.81. The Labute approximate surface area is 129 Å². The topological polar surface area (TPSA) is 92.6 Å². The lowest BCUT2D eigenvalue weighted by Crippen LogP contribution is -2.48. The van der Waals surface area contributed by atoms with E-state index in [2.05, 4.69) is 5.32 Å². The summed E-state index contributed by atoms with van der Waals surface area (Å²) in [7, 11) is -2.34. The highest BCUT2D eigenvalue weighted by Crippen LogP contribution is 2.33. The Morgan fingerprint density at radius 3 is 2.41 bits per heavy atom. The molecule has 8 heteroatoms. The van der Waals surface area contributed by atoms with E-state index in [9.17, 15) is 18.5 Å². The quantitative estimate of drug-likeness (QED) is 0.669. The van der Waals surface area contributed by atoms with Crippen molar-refractivity contribution in [3.8, 4) is 0 Å². The Morgan fingerprint density at radius 1 is 1.23 bits per heavy atom. The molecule has 3 rings (SSSR count). The summed E-state index contributed by atoms with van der Waals surface area (Å²) in [4.78, 5) is 10.2. The number of nitro groups is 1. The fourth-order valence-electron chi connectivity index (χ4n) is 3.50. The summed E-state index contributed by atoms with van der Waals surface area (Å²) in [5.41, 5.74) is -0.369. The highest BCUT2D eigenvalue weighted by atomic mass is 32.2. The van der Waals surface area contributed by atoms with Gasteiger partial charge >= 0.3 is 0 Å². The Bertz CT molecular complexity index is 679. The van der Waals surface area contributed by atoms with E-state index in [4.69, 9.17) is 0 Å². The van der Waals surface area contributed by atoms with E-state index in [1.807, 2.05) is 0 Å². The average molecular weight is 325 g/mol. The van der Waals surface area contributed by atoms with Crippen LogP contribution in [0.5, 0.6) is 0 Å². The van der Waals surface area contributed by atoms with Crippen LogP contribution in [0, 0.1) is 10.1 Å². The standard InChI is InChI=1S/C14H19N3O4S/c1-16(12-8-10-6-7-11(9-12)15-10)22(20,21)14-5-3-2-4-13(14)17(18)19/h2-5,10-12,15H,6-9H2,1H3. The molecular formula is C14H19N3O4S. The van der Waals surface area contributed by atoms with Gasteiger partial charge in [0.05, 0.1) is 4.92 Å². The third-order valence-electron chi connectivity index (χ3n) is 4.68. The second kappa shape index (κ2) is 5.60. The minimum Gasteiger partial charge on any atom is -0.311 e. The van der Waals surface area contributed by atoms with Crippen LogP contribution in [-0.4, -0.2) is 42.8 Å². The average Bonchev–Trinajstić information content (AvgIpc) is 2.84. The van der Waals surface area contributed by atoms with Crippen LogP contribution in [0.1, 0.15) is 25.7 Å². The van der Waals surface area contributed by atoms with Gasteiger partial charge in [0, 0.05) is 31.2 Å². The first-order chi connectivity index (χ1) is 10.4. The maximum absolute atomic E-state index is 12.8. The van der Waals surface area contributed by atoms with E-state index in [0.717, 1.165) is 25.7 Å².